The number of hydrogen-bond donors (Lipinski definition) is 1. The largest absolute Gasteiger partial charge is 0.439 e. The van der Waals surface area contributed by atoms with Crippen molar-refractivity contribution in [2.75, 3.05) is 0 Å². The maximum absolute atomic E-state index is 5.96. The number of hydrogen-bond acceptors (Lipinski definition) is 3. The number of aromatic nitrogens is 1. The summed E-state index contributed by atoms with van der Waals surface area (Å²) >= 11 is 0. The van der Waals surface area contributed by atoms with E-state index >= 15 is 0 Å². The summed E-state index contributed by atoms with van der Waals surface area (Å²) in [5.74, 6) is 1.46. The minimum Gasteiger partial charge on any atom is -0.439 e. The molecule has 0 atom stereocenters. The van der Waals surface area contributed by atoms with Crippen molar-refractivity contribution in [2.45, 2.75) is 39.7 Å². The second-order valence-corrected chi connectivity index (χ2v) is 5.95. The lowest BCUT2D eigenvalue weighted by molar-refractivity contribution is 0.438. The van der Waals surface area contributed by atoms with E-state index in [1.165, 1.54) is 5.56 Å². The summed E-state index contributed by atoms with van der Waals surface area (Å²) in [5.41, 5.74) is 8.81. The fourth-order valence-corrected chi connectivity index (χ4v) is 2.13. The summed E-state index contributed by atoms with van der Waals surface area (Å²) in [6.45, 7) is 8.96. The Labute approximate surface area is 120 Å². The summed E-state index contributed by atoms with van der Waals surface area (Å²) < 4.78 is 5.96. The lowest BCUT2D eigenvalue weighted by Crippen LogP contribution is -2.12. The summed E-state index contributed by atoms with van der Waals surface area (Å²) in [7, 11) is 0. The van der Waals surface area contributed by atoms with E-state index in [1.54, 1.807) is 0 Å². The van der Waals surface area contributed by atoms with E-state index in [-0.39, 0.29) is 5.41 Å². The molecule has 2 rings (SSSR count). The van der Waals surface area contributed by atoms with Gasteiger partial charge in [0.1, 0.15) is 5.75 Å². The smallest absolute Gasteiger partial charge is 0.219 e. The van der Waals surface area contributed by atoms with Gasteiger partial charge in [0.2, 0.25) is 5.88 Å². The van der Waals surface area contributed by atoms with Gasteiger partial charge in [-0.25, -0.2) is 4.98 Å². The number of ether oxygens (including phenoxy) is 1. The fourth-order valence-electron chi connectivity index (χ4n) is 2.13. The van der Waals surface area contributed by atoms with Crippen LogP contribution in [0.5, 0.6) is 11.6 Å². The van der Waals surface area contributed by atoms with Gasteiger partial charge < -0.3 is 10.5 Å². The van der Waals surface area contributed by atoms with Crippen LogP contribution < -0.4 is 10.5 Å². The highest BCUT2D eigenvalue weighted by Crippen LogP contribution is 2.33. The van der Waals surface area contributed by atoms with E-state index in [9.17, 15) is 0 Å². The molecule has 2 aromatic rings. The molecule has 0 unspecified atom stereocenters. The molecule has 0 saturated carbocycles. The molecule has 0 saturated heterocycles. The molecular weight excluding hydrogens is 248 g/mol. The molecule has 1 aromatic carbocycles. The standard InChI is InChI=1S/C17H22N2O/c1-12-13(11-18)9-10-16(19-12)20-15-8-6-5-7-14(15)17(2,3)4/h5-10H,11,18H2,1-4H3. The molecule has 2 N–H and O–H groups in total. The minimum atomic E-state index is 0.0306. The van der Waals surface area contributed by atoms with Crippen LogP contribution in [0.25, 0.3) is 0 Å². The maximum atomic E-state index is 5.96. The van der Waals surface area contributed by atoms with Crippen LogP contribution in [0, 0.1) is 6.92 Å². The summed E-state index contributed by atoms with van der Waals surface area (Å²) in [4.78, 5) is 4.46. The van der Waals surface area contributed by atoms with Crippen LogP contribution in [0.3, 0.4) is 0 Å². The SMILES string of the molecule is Cc1nc(Oc2ccccc2C(C)(C)C)ccc1CN. The van der Waals surface area contributed by atoms with Gasteiger partial charge in [0.25, 0.3) is 0 Å². The van der Waals surface area contributed by atoms with Gasteiger partial charge in [-0.3, -0.25) is 0 Å². The second-order valence-electron chi connectivity index (χ2n) is 5.95. The molecule has 0 aliphatic heterocycles. The van der Waals surface area contributed by atoms with Crippen LogP contribution in [-0.2, 0) is 12.0 Å². The first kappa shape index (κ1) is 14.5. The number of para-hydroxylation sites is 1. The van der Waals surface area contributed by atoms with Crippen molar-refractivity contribution in [3.05, 3.63) is 53.2 Å². The third-order valence-corrected chi connectivity index (χ3v) is 3.30. The zero-order chi connectivity index (χ0) is 14.8. The molecule has 106 valence electrons. The number of benzene rings is 1. The number of aryl methyl sites for hydroxylation is 1. The molecule has 1 aromatic heterocycles. The van der Waals surface area contributed by atoms with Gasteiger partial charge >= 0.3 is 0 Å². The Morgan fingerprint density at radius 2 is 1.80 bits per heavy atom. The fraction of sp³-hybridized carbons (Fsp3) is 0.353. The maximum Gasteiger partial charge on any atom is 0.219 e. The van der Waals surface area contributed by atoms with Crippen LogP contribution in [-0.4, -0.2) is 4.98 Å². The summed E-state index contributed by atoms with van der Waals surface area (Å²) in [6, 6.07) is 11.9. The minimum absolute atomic E-state index is 0.0306. The summed E-state index contributed by atoms with van der Waals surface area (Å²) in [6.07, 6.45) is 0. The Morgan fingerprint density at radius 1 is 1.10 bits per heavy atom. The zero-order valence-corrected chi connectivity index (χ0v) is 12.6. The highest BCUT2D eigenvalue weighted by molar-refractivity contribution is 5.40. The normalized spacial score (nSPS) is 11.4. The Morgan fingerprint density at radius 3 is 2.40 bits per heavy atom. The molecule has 0 amide bonds. The molecular formula is C17H22N2O. The first-order chi connectivity index (χ1) is 9.41. The Balaban J connectivity index is 2.33. The molecule has 0 aliphatic rings. The molecule has 0 fully saturated rings. The van der Waals surface area contributed by atoms with Gasteiger partial charge in [0, 0.05) is 23.9 Å². The average molecular weight is 270 g/mol. The van der Waals surface area contributed by atoms with E-state index in [2.05, 4.69) is 31.8 Å². The molecule has 0 aliphatic carbocycles. The van der Waals surface area contributed by atoms with Crippen molar-refractivity contribution >= 4 is 0 Å². The monoisotopic (exact) mass is 270 g/mol. The first-order valence-electron chi connectivity index (χ1n) is 6.86. The van der Waals surface area contributed by atoms with Crippen molar-refractivity contribution in [1.82, 2.24) is 4.98 Å². The molecule has 20 heavy (non-hydrogen) atoms. The van der Waals surface area contributed by atoms with Crippen molar-refractivity contribution in [1.29, 1.82) is 0 Å². The molecule has 3 nitrogen and oxygen atoms in total. The number of pyridine rings is 1. The molecule has 0 radical (unpaired) electrons. The van der Waals surface area contributed by atoms with Gasteiger partial charge in [0.05, 0.1) is 0 Å². The van der Waals surface area contributed by atoms with E-state index in [0.29, 0.717) is 12.4 Å². The van der Waals surface area contributed by atoms with Gasteiger partial charge in [-0.05, 0) is 24.0 Å². The number of nitrogens with zero attached hydrogens (tertiary/aromatic N) is 1. The molecule has 0 spiro atoms. The Kier molecular flexibility index (Phi) is 4.09. The summed E-state index contributed by atoms with van der Waals surface area (Å²) in [5, 5.41) is 0. The van der Waals surface area contributed by atoms with Crippen molar-refractivity contribution in [2.24, 2.45) is 5.73 Å². The number of rotatable bonds is 3. The van der Waals surface area contributed by atoms with Gasteiger partial charge in [0.15, 0.2) is 0 Å². The van der Waals surface area contributed by atoms with Gasteiger partial charge in [-0.2, -0.15) is 0 Å². The van der Waals surface area contributed by atoms with Crippen LogP contribution in [0.2, 0.25) is 0 Å². The van der Waals surface area contributed by atoms with Crippen LogP contribution in [0.15, 0.2) is 36.4 Å². The third kappa shape index (κ3) is 3.17. The van der Waals surface area contributed by atoms with Gasteiger partial charge in [-0.1, -0.05) is 45.0 Å². The second kappa shape index (κ2) is 5.63. The average Bonchev–Trinajstić information content (AvgIpc) is 2.38. The van der Waals surface area contributed by atoms with Crippen LogP contribution >= 0.6 is 0 Å². The highest BCUT2D eigenvalue weighted by Gasteiger charge is 2.19. The molecule has 3 heteroatoms. The lowest BCUT2D eigenvalue weighted by Gasteiger charge is -2.22. The highest BCUT2D eigenvalue weighted by atomic mass is 16.5. The van der Waals surface area contributed by atoms with E-state index in [4.69, 9.17) is 10.5 Å². The third-order valence-electron chi connectivity index (χ3n) is 3.30. The zero-order valence-electron chi connectivity index (χ0n) is 12.6. The predicted octanol–water partition coefficient (Wildman–Crippen LogP) is 3.94. The number of nitrogens with two attached hydrogens (primary N) is 1. The van der Waals surface area contributed by atoms with Crippen LogP contribution in [0.4, 0.5) is 0 Å². The Bertz CT molecular complexity index is 600. The van der Waals surface area contributed by atoms with Crippen LogP contribution in [0.1, 0.15) is 37.6 Å². The topological polar surface area (TPSA) is 48.1 Å². The van der Waals surface area contributed by atoms with Gasteiger partial charge in [-0.15, -0.1) is 0 Å². The predicted molar refractivity (Wildman–Crippen MR) is 82.1 cm³/mol. The van der Waals surface area contributed by atoms with Crippen molar-refractivity contribution < 1.29 is 4.74 Å². The molecule has 0 bridgehead atoms. The van der Waals surface area contributed by atoms with E-state index in [0.717, 1.165) is 17.0 Å². The lowest BCUT2D eigenvalue weighted by atomic mass is 9.86. The first-order valence-corrected chi connectivity index (χ1v) is 6.86. The Hall–Kier alpha value is -1.87. The molecule has 1 heterocycles. The van der Waals surface area contributed by atoms with Crippen molar-refractivity contribution in [3.8, 4) is 11.6 Å². The van der Waals surface area contributed by atoms with E-state index in [1.807, 2.05) is 37.3 Å². The quantitative estimate of drug-likeness (QED) is 0.919. The van der Waals surface area contributed by atoms with Crippen molar-refractivity contribution in [3.63, 3.8) is 0 Å². The van der Waals surface area contributed by atoms with E-state index < -0.39 is 0 Å².